The molecule has 1 rings (SSSR count). The number of hydrogen-bond donors (Lipinski definition) is 2. The molecule has 122 valence electrons. The van der Waals surface area contributed by atoms with Crippen molar-refractivity contribution in [3.05, 3.63) is 29.4 Å². The van der Waals surface area contributed by atoms with Crippen LogP contribution in [-0.4, -0.2) is 35.4 Å². The lowest BCUT2D eigenvalue weighted by atomic mass is 9.92. The van der Waals surface area contributed by atoms with Gasteiger partial charge in [-0.15, -0.1) is 0 Å². The molecule has 3 N–H and O–H groups in total. The Hall–Kier alpha value is -2.38. The zero-order valence-electron chi connectivity index (χ0n) is 13.1. The first-order chi connectivity index (χ1) is 10.1. The number of allylic oxidation sites excluding steroid dienone is 1. The van der Waals surface area contributed by atoms with Crippen molar-refractivity contribution in [3.8, 4) is 0 Å². The minimum atomic E-state index is -0.981. The number of nitrogens with two attached hydrogens (primary N) is 1. The fourth-order valence-corrected chi connectivity index (χ4v) is 1.77. The second-order valence-corrected chi connectivity index (χ2v) is 5.78. The van der Waals surface area contributed by atoms with Gasteiger partial charge in [0.25, 0.3) is 5.91 Å². The summed E-state index contributed by atoms with van der Waals surface area (Å²) in [4.78, 5) is 22.2. The van der Waals surface area contributed by atoms with E-state index in [0.29, 0.717) is 5.56 Å². The van der Waals surface area contributed by atoms with Gasteiger partial charge in [0, 0.05) is 24.2 Å². The zero-order chi connectivity index (χ0) is 16.9. The van der Waals surface area contributed by atoms with Crippen LogP contribution in [0.2, 0.25) is 0 Å². The first-order valence-electron chi connectivity index (χ1n) is 6.70. The minimum Gasteiger partial charge on any atom is -0.445 e. The van der Waals surface area contributed by atoms with Crippen LogP contribution in [0.1, 0.15) is 31.1 Å². The molecule has 1 heterocycles. The molecule has 0 unspecified atom stereocenters. The Labute approximate surface area is 128 Å². The quantitative estimate of drug-likeness (QED) is 0.862. The van der Waals surface area contributed by atoms with E-state index in [9.17, 15) is 14.0 Å². The van der Waals surface area contributed by atoms with Crippen molar-refractivity contribution in [2.75, 3.05) is 13.7 Å². The van der Waals surface area contributed by atoms with Crippen LogP contribution >= 0.6 is 0 Å². The summed E-state index contributed by atoms with van der Waals surface area (Å²) in [7, 11) is 1.50. The van der Waals surface area contributed by atoms with E-state index in [1.807, 2.05) is 0 Å². The highest BCUT2D eigenvalue weighted by Gasteiger charge is 2.23. The number of ether oxygens (including phenoxy) is 1. The Morgan fingerprint density at radius 2 is 2.09 bits per heavy atom. The number of rotatable bonds is 5. The summed E-state index contributed by atoms with van der Waals surface area (Å²) in [5, 5.41) is 6.47. The maximum absolute atomic E-state index is 14.5. The lowest BCUT2D eigenvalue weighted by molar-refractivity contribution is 0.0963. The SMILES string of the molecule is CNC(=O)c1cnn(CC(COC(N)=O)=C(F)C(C)(C)C)c1. The molecule has 1 aromatic heterocycles. The highest BCUT2D eigenvalue weighted by molar-refractivity contribution is 5.93. The van der Waals surface area contributed by atoms with E-state index in [1.54, 1.807) is 20.8 Å². The molecule has 0 bridgehead atoms. The van der Waals surface area contributed by atoms with Crippen LogP contribution in [0.15, 0.2) is 23.8 Å². The fraction of sp³-hybridized carbons (Fsp3) is 0.500. The Balaban J connectivity index is 3.00. The van der Waals surface area contributed by atoms with Gasteiger partial charge < -0.3 is 15.8 Å². The summed E-state index contributed by atoms with van der Waals surface area (Å²) in [6.45, 7) is 4.88. The predicted octanol–water partition coefficient (Wildman–Crippen LogP) is 1.61. The lowest BCUT2D eigenvalue weighted by Gasteiger charge is -2.20. The molecule has 0 aliphatic heterocycles. The summed E-state index contributed by atoms with van der Waals surface area (Å²) in [6, 6.07) is 0. The number of carbonyl (C=O) groups is 2. The normalized spacial score (nSPS) is 12.6. The van der Waals surface area contributed by atoms with E-state index < -0.39 is 17.3 Å². The van der Waals surface area contributed by atoms with Crippen LogP contribution in [0.5, 0.6) is 0 Å². The number of amides is 2. The van der Waals surface area contributed by atoms with Crippen LogP contribution in [-0.2, 0) is 11.3 Å². The van der Waals surface area contributed by atoms with Crippen molar-refractivity contribution in [2.45, 2.75) is 27.3 Å². The van der Waals surface area contributed by atoms with E-state index in [2.05, 4.69) is 15.2 Å². The number of carbonyl (C=O) groups excluding carboxylic acids is 2. The maximum Gasteiger partial charge on any atom is 0.404 e. The second-order valence-electron chi connectivity index (χ2n) is 5.78. The van der Waals surface area contributed by atoms with Gasteiger partial charge in [-0.2, -0.15) is 5.10 Å². The van der Waals surface area contributed by atoms with Crippen molar-refractivity contribution in [2.24, 2.45) is 11.1 Å². The van der Waals surface area contributed by atoms with E-state index in [0.717, 1.165) is 0 Å². The third-order valence-corrected chi connectivity index (χ3v) is 2.83. The Morgan fingerprint density at radius 1 is 1.45 bits per heavy atom. The number of aromatic nitrogens is 2. The van der Waals surface area contributed by atoms with Crippen molar-refractivity contribution >= 4 is 12.0 Å². The molecule has 0 fully saturated rings. The number of primary amides is 1. The molecule has 0 aliphatic carbocycles. The standard InChI is InChI=1S/C14H21FN4O3/c1-14(2,3)11(15)10(8-22-13(16)21)7-19-6-9(5-18-19)12(20)17-4/h5-6H,7-8H2,1-4H3,(H2,16,21)(H,17,20). The van der Waals surface area contributed by atoms with Gasteiger partial charge in [0.05, 0.1) is 18.3 Å². The average molecular weight is 312 g/mol. The van der Waals surface area contributed by atoms with Gasteiger partial charge in [-0.25, -0.2) is 9.18 Å². The summed E-state index contributed by atoms with van der Waals surface area (Å²) >= 11 is 0. The molecule has 0 aromatic carbocycles. The first kappa shape index (κ1) is 17.7. The topological polar surface area (TPSA) is 99.2 Å². The minimum absolute atomic E-state index is 0.0490. The maximum atomic E-state index is 14.5. The molecular weight excluding hydrogens is 291 g/mol. The molecular formula is C14H21FN4O3. The molecule has 0 spiro atoms. The van der Waals surface area contributed by atoms with Gasteiger partial charge >= 0.3 is 6.09 Å². The number of halogens is 1. The Bertz CT molecular complexity index is 587. The summed E-state index contributed by atoms with van der Waals surface area (Å²) in [5.41, 5.74) is 4.77. The summed E-state index contributed by atoms with van der Waals surface area (Å²) in [6.07, 6.45) is 1.88. The van der Waals surface area contributed by atoms with Crippen molar-refractivity contribution in [1.29, 1.82) is 0 Å². The lowest BCUT2D eigenvalue weighted by Crippen LogP contribution is -2.20. The van der Waals surface area contributed by atoms with Crippen LogP contribution in [0.3, 0.4) is 0 Å². The monoisotopic (exact) mass is 312 g/mol. The Kier molecular flexibility index (Phi) is 5.67. The van der Waals surface area contributed by atoms with Crippen molar-refractivity contribution in [3.63, 3.8) is 0 Å². The third-order valence-electron chi connectivity index (χ3n) is 2.83. The third kappa shape index (κ3) is 4.87. The highest BCUT2D eigenvalue weighted by atomic mass is 19.1. The van der Waals surface area contributed by atoms with Crippen LogP contribution < -0.4 is 11.1 Å². The van der Waals surface area contributed by atoms with Gasteiger partial charge in [-0.3, -0.25) is 9.48 Å². The predicted molar refractivity (Wildman–Crippen MR) is 78.7 cm³/mol. The highest BCUT2D eigenvalue weighted by Crippen LogP contribution is 2.29. The fourth-order valence-electron chi connectivity index (χ4n) is 1.77. The second kappa shape index (κ2) is 7.06. The summed E-state index contributed by atoms with van der Waals surface area (Å²) < 4.78 is 20.6. The molecule has 0 aliphatic rings. The number of nitrogens with zero attached hydrogens (tertiary/aromatic N) is 2. The molecule has 1 aromatic rings. The molecule has 0 radical (unpaired) electrons. The Morgan fingerprint density at radius 3 is 2.59 bits per heavy atom. The molecule has 0 atom stereocenters. The van der Waals surface area contributed by atoms with E-state index in [1.165, 1.54) is 24.1 Å². The molecule has 22 heavy (non-hydrogen) atoms. The van der Waals surface area contributed by atoms with Gasteiger partial charge in [0.15, 0.2) is 0 Å². The molecule has 0 saturated carbocycles. The number of nitrogens with one attached hydrogen (secondary N) is 1. The van der Waals surface area contributed by atoms with Crippen LogP contribution in [0.25, 0.3) is 0 Å². The van der Waals surface area contributed by atoms with Gasteiger partial charge in [0.2, 0.25) is 0 Å². The largest absolute Gasteiger partial charge is 0.445 e. The van der Waals surface area contributed by atoms with Crippen molar-refractivity contribution < 1.29 is 18.7 Å². The molecule has 8 heteroatoms. The van der Waals surface area contributed by atoms with Crippen molar-refractivity contribution in [1.82, 2.24) is 15.1 Å². The van der Waals surface area contributed by atoms with Gasteiger partial charge in [0.1, 0.15) is 12.4 Å². The first-order valence-corrected chi connectivity index (χ1v) is 6.70. The summed E-state index contributed by atoms with van der Waals surface area (Å²) in [5.74, 6) is -0.702. The molecule has 0 saturated heterocycles. The molecule has 7 nitrogen and oxygen atoms in total. The number of hydrogen-bond acceptors (Lipinski definition) is 4. The van der Waals surface area contributed by atoms with E-state index in [4.69, 9.17) is 5.73 Å². The van der Waals surface area contributed by atoms with Gasteiger partial charge in [-0.05, 0) is 0 Å². The van der Waals surface area contributed by atoms with E-state index in [-0.39, 0.29) is 24.6 Å². The van der Waals surface area contributed by atoms with E-state index >= 15 is 0 Å². The molecule has 2 amide bonds. The van der Waals surface area contributed by atoms with Gasteiger partial charge in [-0.1, -0.05) is 20.8 Å². The zero-order valence-corrected chi connectivity index (χ0v) is 13.1. The van der Waals surface area contributed by atoms with Crippen LogP contribution in [0.4, 0.5) is 9.18 Å². The van der Waals surface area contributed by atoms with Crippen LogP contribution in [0, 0.1) is 5.41 Å². The smallest absolute Gasteiger partial charge is 0.404 e. The average Bonchev–Trinajstić information content (AvgIpc) is 2.89.